The summed E-state index contributed by atoms with van der Waals surface area (Å²) in [5, 5.41) is 0. The lowest BCUT2D eigenvalue weighted by Gasteiger charge is -2.28. The van der Waals surface area contributed by atoms with Crippen molar-refractivity contribution in [3.05, 3.63) is 45.2 Å². The summed E-state index contributed by atoms with van der Waals surface area (Å²) in [6.45, 7) is 4.26. The SMILES string of the molecule is CCCN1C(=O)C(=Cc2c(N3CCSCC3)nc3ccccn3c2=O)SC1=S. The molecule has 2 aromatic rings. The highest BCUT2D eigenvalue weighted by Crippen LogP contribution is 2.33. The average molecular weight is 433 g/mol. The van der Waals surface area contributed by atoms with E-state index in [9.17, 15) is 9.59 Å². The van der Waals surface area contributed by atoms with Crippen molar-refractivity contribution in [2.24, 2.45) is 0 Å². The number of amides is 1. The molecule has 0 unspecified atom stereocenters. The van der Waals surface area contributed by atoms with Crippen LogP contribution < -0.4 is 10.5 Å². The van der Waals surface area contributed by atoms with E-state index in [4.69, 9.17) is 17.2 Å². The normalized spacial score (nSPS) is 19.2. The van der Waals surface area contributed by atoms with Crippen LogP contribution in [0.25, 0.3) is 11.7 Å². The molecular formula is C19H20N4O2S3. The third-order valence-electron chi connectivity index (χ3n) is 4.66. The summed E-state index contributed by atoms with van der Waals surface area (Å²) in [6, 6.07) is 5.50. The van der Waals surface area contributed by atoms with Crippen molar-refractivity contribution < 1.29 is 4.79 Å². The second-order valence-electron chi connectivity index (χ2n) is 6.52. The van der Waals surface area contributed by atoms with Gasteiger partial charge in [0.1, 0.15) is 15.8 Å². The number of hydrogen-bond acceptors (Lipinski definition) is 7. The molecule has 2 aliphatic rings. The van der Waals surface area contributed by atoms with Crippen LogP contribution in [0.15, 0.2) is 34.1 Å². The minimum absolute atomic E-state index is 0.130. The number of pyridine rings is 1. The summed E-state index contributed by atoms with van der Waals surface area (Å²) in [5.41, 5.74) is 0.892. The zero-order valence-corrected chi connectivity index (χ0v) is 17.9. The molecule has 1 amide bonds. The van der Waals surface area contributed by atoms with E-state index in [1.54, 1.807) is 23.2 Å². The van der Waals surface area contributed by atoms with Crippen LogP contribution in [-0.2, 0) is 4.79 Å². The first kappa shape index (κ1) is 19.5. The molecule has 0 atom stereocenters. The maximum atomic E-state index is 13.3. The first-order valence-corrected chi connectivity index (χ1v) is 11.6. The molecule has 9 heteroatoms. The van der Waals surface area contributed by atoms with E-state index in [0.29, 0.717) is 32.8 Å². The van der Waals surface area contributed by atoms with Gasteiger partial charge in [-0.25, -0.2) is 4.98 Å². The van der Waals surface area contributed by atoms with E-state index in [1.807, 2.05) is 30.8 Å². The van der Waals surface area contributed by atoms with Crippen LogP contribution in [0.2, 0.25) is 0 Å². The number of fused-ring (bicyclic) bond motifs is 1. The molecule has 0 aliphatic carbocycles. The van der Waals surface area contributed by atoms with Gasteiger partial charge < -0.3 is 4.90 Å². The molecule has 2 saturated heterocycles. The van der Waals surface area contributed by atoms with E-state index < -0.39 is 0 Å². The molecule has 28 heavy (non-hydrogen) atoms. The first-order valence-electron chi connectivity index (χ1n) is 9.19. The number of carbonyl (C=O) groups is 1. The van der Waals surface area contributed by atoms with E-state index in [1.165, 1.54) is 16.2 Å². The van der Waals surface area contributed by atoms with Crippen LogP contribution in [0.4, 0.5) is 5.82 Å². The fourth-order valence-electron chi connectivity index (χ4n) is 3.28. The Morgan fingerprint density at radius 1 is 1.25 bits per heavy atom. The van der Waals surface area contributed by atoms with E-state index in [0.717, 1.165) is 31.0 Å². The van der Waals surface area contributed by atoms with Gasteiger partial charge in [-0.05, 0) is 24.6 Å². The molecule has 146 valence electrons. The van der Waals surface area contributed by atoms with Gasteiger partial charge in [0, 0.05) is 37.3 Å². The Morgan fingerprint density at radius 3 is 2.79 bits per heavy atom. The fraction of sp³-hybridized carbons (Fsp3) is 0.368. The van der Waals surface area contributed by atoms with Gasteiger partial charge in [0.2, 0.25) is 0 Å². The largest absolute Gasteiger partial charge is 0.354 e. The van der Waals surface area contributed by atoms with Crippen LogP contribution in [0.3, 0.4) is 0 Å². The topological polar surface area (TPSA) is 57.9 Å². The Labute approximate surface area is 177 Å². The lowest BCUT2D eigenvalue weighted by atomic mass is 10.2. The van der Waals surface area contributed by atoms with Gasteiger partial charge in [-0.2, -0.15) is 11.8 Å². The lowest BCUT2D eigenvalue weighted by Crippen LogP contribution is -2.36. The number of aromatic nitrogens is 2. The van der Waals surface area contributed by atoms with Gasteiger partial charge in [0.15, 0.2) is 0 Å². The van der Waals surface area contributed by atoms with Gasteiger partial charge >= 0.3 is 0 Å². The van der Waals surface area contributed by atoms with Gasteiger partial charge in [-0.1, -0.05) is 37.0 Å². The molecule has 0 radical (unpaired) electrons. The molecule has 2 aliphatic heterocycles. The maximum Gasteiger partial charge on any atom is 0.267 e. The highest BCUT2D eigenvalue weighted by Gasteiger charge is 2.32. The molecule has 4 rings (SSSR count). The molecule has 0 spiro atoms. The molecule has 0 bridgehead atoms. The van der Waals surface area contributed by atoms with E-state index in [-0.39, 0.29) is 11.5 Å². The third kappa shape index (κ3) is 3.58. The molecule has 2 aromatic heterocycles. The van der Waals surface area contributed by atoms with Crippen molar-refractivity contribution >= 4 is 63.5 Å². The predicted octanol–water partition coefficient (Wildman–Crippen LogP) is 2.86. The minimum atomic E-state index is -0.167. The highest BCUT2D eigenvalue weighted by molar-refractivity contribution is 8.26. The van der Waals surface area contributed by atoms with Crippen LogP contribution >= 0.6 is 35.7 Å². The number of thiocarbonyl (C=S) groups is 1. The van der Waals surface area contributed by atoms with E-state index >= 15 is 0 Å². The summed E-state index contributed by atoms with van der Waals surface area (Å²) in [5.74, 6) is 2.51. The van der Waals surface area contributed by atoms with Crippen LogP contribution in [0, 0.1) is 0 Å². The van der Waals surface area contributed by atoms with Crippen LogP contribution in [-0.4, -0.2) is 55.7 Å². The standard InChI is InChI=1S/C19H20N4O2S3/c1-2-6-23-18(25)14(28-19(23)26)12-13-16(21-8-10-27-11-9-21)20-15-5-3-4-7-22(15)17(13)24/h3-5,7,12H,2,6,8-11H2,1H3. The van der Waals surface area contributed by atoms with Crippen molar-refractivity contribution in [2.45, 2.75) is 13.3 Å². The number of carbonyl (C=O) groups excluding carboxylic acids is 1. The van der Waals surface area contributed by atoms with Crippen LogP contribution in [0.5, 0.6) is 0 Å². The number of rotatable bonds is 4. The lowest BCUT2D eigenvalue weighted by molar-refractivity contribution is -0.122. The summed E-state index contributed by atoms with van der Waals surface area (Å²) in [6.07, 6.45) is 4.22. The smallest absolute Gasteiger partial charge is 0.267 e. The second-order valence-corrected chi connectivity index (χ2v) is 9.42. The van der Waals surface area contributed by atoms with Gasteiger partial charge in [-0.15, -0.1) is 0 Å². The highest BCUT2D eigenvalue weighted by atomic mass is 32.2. The Bertz CT molecular complexity index is 1030. The summed E-state index contributed by atoms with van der Waals surface area (Å²) < 4.78 is 2.07. The van der Waals surface area contributed by atoms with Gasteiger partial charge in [0.05, 0.1) is 10.5 Å². The van der Waals surface area contributed by atoms with Crippen molar-refractivity contribution in [3.63, 3.8) is 0 Å². The van der Waals surface area contributed by atoms with Crippen molar-refractivity contribution in [1.29, 1.82) is 0 Å². The van der Waals surface area contributed by atoms with E-state index in [2.05, 4.69) is 4.90 Å². The number of nitrogens with zero attached hydrogens (tertiary/aromatic N) is 4. The quantitative estimate of drug-likeness (QED) is 0.544. The fourth-order valence-corrected chi connectivity index (χ4v) is 5.47. The van der Waals surface area contributed by atoms with Crippen molar-refractivity contribution in [2.75, 3.05) is 36.0 Å². The van der Waals surface area contributed by atoms with Gasteiger partial charge in [-0.3, -0.25) is 18.9 Å². The second kappa shape index (κ2) is 8.26. The third-order valence-corrected chi connectivity index (χ3v) is 6.98. The average Bonchev–Trinajstić information content (AvgIpc) is 2.98. The molecule has 4 heterocycles. The molecule has 0 saturated carbocycles. The number of anilines is 1. The summed E-state index contributed by atoms with van der Waals surface area (Å²) in [4.78, 5) is 35.0. The first-order chi connectivity index (χ1) is 13.6. The molecule has 0 aromatic carbocycles. The molecule has 0 N–H and O–H groups in total. The Hall–Kier alpha value is -1.84. The predicted molar refractivity (Wildman–Crippen MR) is 121 cm³/mol. The van der Waals surface area contributed by atoms with Gasteiger partial charge in [0.25, 0.3) is 11.5 Å². The number of thioether (sulfide) groups is 2. The molecule has 2 fully saturated rings. The zero-order chi connectivity index (χ0) is 19.7. The Balaban J connectivity index is 1.85. The maximum absolute atomic E-state index is 13.3. The van der Waals surface area contributed by atoms with Crippen molar-refractivity contribution in [1.82, 2.24) is 14.3 Å². The van der Waals surface area contributed by atoms with Crippen molar-refractivity contribution in [3.8, 4) is 0 Å². The Morgan fingerprint density at radius 2 is 2.04 bits per heavy atom. The monoisotopic (exact) mass is 432 g/mol. The molecular weight excluding hydrogens is 412 g/mol. The minimum Gasteiger partial charge on any atom is -0.354 e. The summed E-state index contributed by atoms with van der Waals surface area (Å²) >= 11 is 8.51. The zero-order valence-electron chi connectivity index (χ0n) is 15.5. The Kier molecular flexibility index (Phi) is 5.75. The number of hydrogen-bond donors (Lipinski definition) is 0. The molecule has 6 nitrogen and oxygen atoms in total. The summed E-state index contributed by atoms with van der Waals surface area (Å²) in [7, 11) is 0. The van der Waals surface area contributed by atoms with Crippen LogP contribution in [0.1, 0.15) is 18.9 Å².